The average molecular weight is 444 g/mol. The Bertz CT molecular complexity index is 907. The smallest absolute Gasteiger partial charge is 0.253 e. The van der Waals surface area contributed by atoms with Gasteiger partial charge in [-0.05, 0) is 67.0 Å². The van der Waals surface area contributed by atoms with Crippen LogP contribution in [-0.4, -0.2) is 34.9 Å². The molecule has 30 heavy (non-hydrogen) atoms. The summed E-state index contributed by atoms with van der Waals surface area (Å²) in [4.78, 5) is 26.7. The van der Waals surface area contributed by atoms with Crippen LogP contribution in [0.1, 0.15) is 42.6 Å². The second-order valence-corrected chi connectivity index (χ2v) is 7.55. The lowest BCUT2D eigenvalue weighted by molar-refractivity contribution is -0.115. The van der Waals surface area contributed by atoms with E-state index in [4.69, 9.17) is 23.8 Å². The van der Waals surface area contributed by atoms with Gasteiger partial charge in [0.2, 0.25) is 5.91 Å². The molecule has 0 aliphatic heterocycles. The summed E-state index contributed by atoms with van der Waals surface area (Å²) >= 11 is 11.1. The van der Waals surface area contributed by atoms with Gasteiger partial charge in [0, 0.05) is 35.4 Å². The zero-order chi connectivity index (χ0) is 21.9. The normalized spacial score (nSPS) is 10.6. The van der Waals surface area contributed by atoms with Crippen molar-refractivity contribution in [2.45, 2.75) is 26.7 Å². The summed E-state index contributed by atoms with van der Waals surface area (Å²) in [6.45, 7) is 5.55. The first kappa shape index (κ1) is 23.6. The van der Waals surface area contributed by atoms with Gasteiger partial charge in [-0.25, -0.2) is 0 Å². The molecule has 2 rings (SSSR count). The molecule has 0 heterocycles. The molecule has 0 saturated heterocycles. The number of rotatable bonds is 8. The summed E-state index contributed by atoms with van der Waals surface area (Å²) in [7, 11) is 0. The van der Waals surface area contributed by atoms with Crippen LogP contribution in [0.3, 0.4) is 0 Å². The molecule has 5 nitrogen and oxygen atoms in total. The lowest BCUT2D eigenvalue weighted by Gasteiger charge is -2.21. The summed E-state index contributed by atoms with van der Waals surface area (Å²) in [6, 6.07) is 14.2. The number of hydrogen-bond acceptors (Lipinski definition) is 3. The molecule has 2 aromatic rings. The zero-order valence-electron chi connectivity index (χ0n) is 17.2. The van der Waals surface area contributed by atoms with Crippen LogP contribution in [0.4, 0.5) is 5.69 Å². The van der Waals surface area contributed by atoms with E-state index >= 15 is 0 Å². The van der Waals surface area contributed by atoms with Crippen molar-refractivity contribution >= 4 is 52.5 Å². The van der Waals surface area contributed by atoms with Crippen molar-refractivity contribution in [2.24, 2.45) is 0 Å². The molecule has 2 N–H and O–H groups in total. The molecule has 2 aromatic carbocycles. The van der Waals surface area contributed by atoms with E-state index in [1.165, 1.54) is 6.08 Å². The molecule has 0 fully saturated rings. The quantitative estimate of drug-likeness (QED) is 0.438. The summed E-state index contributed by atoms with van der Waals surface area (Å²) in [5.74, 6) is -0.366. The molecule has 0 radical (unpaired) electrons. The summed E-state index contributed by atoms with van der Waals surface area (Å²) in [6.07, 6.45) is 4.88. The monoisotopic (exact) mass is 443 g/mol. The molecule has 0 bridgehead atoms. The standard InChI is InChI=1S/C23H26ClN3O2S/c1-3-14-27(15-4-2)22(29)18-6-5-7-20(16-18)25-23(30)26-21(28)13-10-17-8-11-19(24)12-9-17/h5-13,16H,3-4,14-15H2,1-2H3,(H2,25,26,28,30)/b13-10+. The maximum absolute atomic E-state index is 12.8. The summed E-state index contributed by atoms with van der Waals surface area (Å²) < 4.78 is 0. The van der Waals surface area contributed by atoms with E-state index in [2.05, 4.69) is 24.5 Å². The van der Waals surface area contributed by atoms with E-state index < -0.39 is 0 Å². The van der Waals surface area contributed by atoms with Crippen LogP contribution in [0.15, 0.2) is 54.6 Å². The molecule has 2 amide bonds. The minimum Gasteiger partial charge on any atom is -0.339 e. The third-order valence-electron chi connectivity index (χ3n) is 4.18. The fourth-order valence-electron chi connectivity index (χ4n) is 2.83. The fraction of sp³-hybridized carbons (Fsp3) is 0.261. The third kappa shape index (κ3) is 7.61. The molecule has 0 aliphatic rings. The second-order valence-electron chi connectivity index (χ2n) is 6.70. The number of carbonyl (C=O) groups is 2. The van der Waals surface area contributed by atoms with Crippen molar-refractivity contribution in [3.8, 4) is 0 Å². The number of amides is 2. The lowest BCUT2D eigenvalue weighted by Crippen LogP contribution is -2.33. The van der Waals surface area contributed by atoms with Crippen molar-refractivity contribution in [1.29, 1.82) is 0 Å². The first-order chi connectivity index (χ1) is 14.4. The van der Waals surface area contributed by atoms with Gasteiger partial charge in [-0.15, -0.1) is 0 Å². The SMILES string of the molecule is CCCN(CCC)C(=O)c1cccc(NC(=S)NC(=O)/C=C/c2ccc(Cl)cc2)c1. The van der Waals surface area contributed by atoms with Crippen LogP contribution in [0.25, 0.3) is 6.08 Å². The van der Waals surface area contributed by atoms with Crippen LogP contribution >= 0.6 is 23.8 Å². The number of carbonyl (C=O) groups excluding carboxylic acids is 2. The zero-order valence-corrected chi connectivity index (χ0v) is 18.7. The highest BCUT2D eigenvalue weighted by Gasteiger charge is 2.14. The molecule has 0 aliphatic carbocycles. The van der Waals surface area contributed by atoms with Crippen LogP contribution in [0.5, 0.6) is 0 Å². The predicted molar refractivity (Wildman–Crippen MR) is 128 cm³/mol. The third-order valence-corrected chi connectivity index (χ3v) is 4.63. The highest BCUT2D eigenvalue weighted by Crippen LogP contribution is 2.14. The number of anilines is 1. The Kier molecular flexibility index (Phi) is 9.51. The van der Waals surface area contributed by atoms with Crippen LogP contribution < -0.4 is 10.6 Å². The van der Waals surface area contributed by atoms with E-state index in [-0.39, 0.29) is 16.9 Å². The number of benzene rings is 2. The van der Waals surface area contributed by atoms with Gasteiger partial charge in [-0.2, -0.15) is 0 Å². The molecule has 158 valence electrons. The van der Waals surface area contributed by atoms with E-state index in [1.54, 1.807) is 42.5 Å². The molecule has 0 atom stereocenters. The van der Waals surface area contributed by atoms with Crippen molar-refractivity contribution in [3.63, 3.8) is 0 Å². The first-order valence-electron chi connectivity index (χ1n) is 9.88. The highest BCUT2D eigenvalue weighted by atomic mass is 35.5. The molecule has 7 heteroatoms. The Morgan fingerprint density at radius 3 is 2.37 bits per heavy atom. The molecule has 0 aromatic heterocycles. The second kappa shape index (κ2) is 12.1. The first-order valence-corrected chi connectivity index (χ1v) is 10.7. The minimum atomic E-state index is -0.355. The van der Waals surface area contributed by atoms with E-state index in [9.17, 15) is 9.59 Å². The molecular formula is C23H26ClN3O2S. The van der Waals surface area contributed by atoms with Crippen LogP contribution in [0.2, 0.25) is 5.02 Å². The van der Waals surface area contributed by atoms with Crippen LogP contribution in [-0.2, 0) is 4.79 Å². The number of halogens is 1. The topological polar surface area (TPSA) is 61.4 Å². The van der Waals surface area contributed by atoms with E-state index in [0.717, 1.165) is 31.5 Å². The maximum Gasteiger partial charge on any atom is 0.253 e. The Morgan fingerprint density at radius 1 is 1.07 bits per heavy atom. The molecule has 0 spiro atoms. The van der Waals surface area contributed by atoms with Gasteiger partial charge in [-0.3, -0.25) is 14.9 Å². The van der Waals surface area contributed by atoms with E-state index in [0.29, 0.717) is 16.3 Å². The van der Waals surface area contributed by atoms with Gasteiger partial charge in [0.15, 0.2) is 5.11 Å². The summed E-state index contributed by atoms with van der Waals surface area (Å²) in [5.41, 5.74) is 2.07. The molecule has 0 saturated carbocycles. The number of nitrogens with one attached hydrogen (secondary N) is 2. The molecule has 0 unspecified atom stereocenters. The Labute approximate surface area is 188 Å². The van der Waals surface area contributed by atoms with E-state index in [1.807, 2.05) is 17.0 Å². The fourth-order valence-corrected chi connectivity index (χ4v) is 3.17. The Balaban J connectivity index is 1.96. The van der Waals surface area contributed by atoms with Crippen molar-refractivity contribution < 1.29 is 9.59 Å². The largest absolute Gasteiger partial charge is 0.339 e. The van der Waals surface area contributed by atoms with Crippen molar-refractivity contribution in [3.05, 3.63) is 70.8 Å². The average Bonchev–Trinajstić information content (AvgIpc) is 2.72. The predicted octanol–water partition coefficient (Wildman–Crippen LogP) is 5.13. The maximum atomic E-state index is 12.8. The van der Waals surface area contributed by atoms with Crippen molar-refractivity contribution in [1.82, 2.24) is 10.2 Å². The highest BCUT2D eigenvalue weighted by molar-refractivity contribution is 7.80. The van der Waals surface area contributed by atoms with Gasteiger partial charge in [0.05, 0.1) is 0 Å². The minimum absolute atomic E-state index is 0.0109. The van der Waals surface area contributed by atoms with Crippen molar-refractivity contribution in [2.75, 3.05) is 18.4 Å². The molecular weight excluding hydrogens is 418 g/mol. The summed E-state index contributed by atoms with van der Waals surface area (Å²) in [5, 5.41) is 6.34. The lowest BCUT2D eigenvalue weighted by atomic mass is 10.1. The van der Waals surface area contributed by atoms with Crippen LogP contribution in [0, 0.1) is 0 Å². The van der Waals surface area contributed by atoms with Gasteiger partial charge < -0.3 is 10.2 Å². The number of thiocarbonyl (C=S) groups is 1. The Morgan fingerprint density at radius 2 is 1.73 bits per heavy atom. The number of hydrogen-bond donors (Lipinski definition) is 2. The number of nitrogens with zero attached hydrogens (tertiary/aromatic N) is 1. The Hall–Kier alpha value is -2.70. The van der Waals surface area contributed by atoms with Gasteiger partial charge >= 0.3 is 0 Å². The van der Waals surface area contributed by atoms with Gasteiger partial charge in [0.25, 0.3) is 5.91 Å². The van der Waals surface area contributed by atoms with Gasteiger partial charge in [0.1, 0.15) is 0 Å². The van der Waals surface area contributed by atoms with Gasteiger partial charge in [-0.1, -0.05) is 43.6 Å².